The van der Waals surface area contributed by atoms with E-state index in [9.17, 15) is 18.3 Å². The highest BCUT2D eigenvalue weighted by Gasteiger charge is 2.39. The van der Waals surface area contributed by atoms with Crippen LogP contribution in [0.2, 0.25) is 5.15 Å². The summed E-state index contributed by atoms with van der Waals surface area (Å²) in [6.45, 7) is 0.913. The molecule has 2 aromatic heterocycles. The molecule has 9 nitrogen and oxygen atoms in total. The van der Waals surface area contributed by atoms with Crippen molar-refractivity contribution in [3.05, 3.63) is 35.4 Å². The van der Waals surface area contributed by atoms with Crippen LogP contribution in [0.15, 0.2) is 29.4 Å². The van der Waals surface area contributed by atoms with Gasteiger partial charge in [0.05, 0.1) is 12.1 Å². The highest BCUT2D eigenvalue weighted by molar-refractivity contribution is 7.89. The number of carbonyl (C=O) groups is 1. The van der Waals surface area contributed by atoms with Gasteiger partial charge >= 0.3 is 0 Å². The lowest BCUT2D eigenvalue weighted by Crippen LogP contribution is -2.51. The summed E-state index contributed by atoms with van der Waals surface area (Å²) in [5, 5.41) is 12.3. The van der Waals surface area contributed by atoms with Crippen LogP contribution in [0, 0.1) is 0 Å². The van der Waals surface area contributed by atoms with Crippen molar-refractivity contribution >= 4 is 33.2 Å². The summed E-state index contributed by atoms with van der Waals surface area (Å²) in [4.78, 5) is 16.3. The lowest BCUT2D eigenvalue weighted by molar-refractivity contribution is 0.100. The molecule has 1 unspecified atom stereocenters. The first-order valence-corrected chi connectivity index (χ1v) is 9.41. The number of ether oxygens (including phenoxy) is 1. The molecule has 26 heavy (non-hydrogen) atoms. The monoisotopic (exact) mass is 400 g/mol. The van der Waals surface area contributed by atoms with Gasteiger partial charge in [0.2, 0.25) is 10.0 Å². The van der Waals surface area contributed by atoms with Gasteiger partial charge in [0, 0.05) is 25.1 Å². The largest absolute Gasteiger partial charge is 0.488 e. The SMILES string of the molecule is Cn1cc2c(c1C(=O)Nc1ccnc(Cl)c1)OCC(C)(CO)NS2(=O)=O. The molecule has 11 heteroatoms. The summed E-state index contributed by atoms with van der Waals surface area (Å²) in [5.74, 6) is -0.645. The molecule has 3 heterocycles. The minimum absolute atomic E-state index is 0.0282. The van der Waals surface area contributed by atoms with E-state index in [1.807, 2.05) is 0 Å². The Morgan fingerprint density at radius 1 is 1.58 bits per heavy atom. The van der Waals surface area contributed by atoms with Crippen LogP contribution in [0.25, 0.3) is 0 Å². The number of aryl methyl sites for hydroxylation is 1. The van der Waals surface area contributed by atoms with E-state index in [-0.39, 0.29) is 28.1 Å². The minimum Gasteiger partial charge on any atom is -0.488 e. The van der Waals surface area contributed by atoms with Crippen molar-refractivity contribution in [2.75, 3.05) is 18.5 Å². The second kappa shape index (κ2) is 6.54. The first-order valence-electron chi connectivity index (χ1n) is 7.55. The van der Waals surface area contributed by atoms with Crippen molar-refractivity contribution in [1.82, 2.24) is 14.3 Å². The maximum Gasteiger partial charge on any atom is 0.276 e. The number of aliphatic hydroxyl groups is 1. The molecule has 1 amide bonds. The van der Waals surface area contributed by atoms with Crippen molar-refractivity contribution < 1.29 is 23.1 Å². The van der Waals surface area contributed by atoms with Gasteiger partial charge in [-0.15, -0.1) is 0 Å². The zero-order chi connectivity index (χ0) is 19.1. The van der Waals surface area contributed by atoms with E-state index in [1.165, 1.54) is 37.0 Å². The number of aliphatic hydroxyl groups excluding tert-OH is 1. The van der Waals surface area contributed by atoms with Gasteiger partial charge in [-0.05, 0) is 19.1 Å². The molecule has 1 aliphatic rings. The van der Waals surface area contributed by atoms with Crippen LogP contribution >= 0.6 is 11.6 Å². The molecule has 0 bridgehead atoms. The molecule has 2 aromatic rings. The number of nitrogens with zero attached hydrogens (tertiary/aromatic N) is 2. The van der Waals surface area contributed by atoms with Gasteiger partial charge < -0.3 is 19.7 Å². The lowest BCUT2D eigenvalue weighted by Gasteiger charge is -2.25. The van der Waals surface area contributed by atoms with Crippen LogP contribution in [0.1, 0.15) is 17.4 Å². The van der Waals surface area contributed by atoms with Crippen LogP contribution in [-0.4, -0.2) is 47.7 Å². The molecule has 3 N–H and O–H groups in total. The molecule has 0 aromatic carbocycles. The Balaban J connectivity index is 2.01. The van der Waals surface area contributed by atoms with Crippen LogP contribution in [0.3, 0.4) is 0 Å². The molecule has 0 saturated heterocycles. The maximum absolute atomic E-state index is 12.7. The third-order valence-corrected chi connectivity index (χ3v) is 5.69. The standard InChI is InChI=1S/C15H17ClN4O5S/c1-15(7-21)8-25-13-10(26(23,24)19-15)6-20(2)12(13)14(22)18-9-3-4-17-11(16)5-9/h3-6,19,21H,7-8H2,1-2H3,(H,17,18,22). The number of carbonyl (C=O) groups excluding carboxylic acids is 1. The Kier molecular flexibility index (Phi) is 4.69. The number of nitrogens with one attached hydrogen (secondary N) is 2. The number of hydrogen-bond donors (Lipinski definition) is 3. The van der Waals surface area contributed by atoms with E-state index in [2.05, 4.69) is 15.0 Å². The number of halogens is 1. The van der Waals surface area contributed by atoms with Crippen molar-refractivity contribution in [3.8, 4) is 5.75 Å². The molecule has 0 saturated carbocycles. The van der Waals surface area contributed by atoms with Crippen molar-refractivity contribution in [2.45, 2.75) is 17.4 Å². The third kappa shape index (κ3) is 3.40. The summed E-state index contributed by atoms with van der Waals surface area (Å²) < 4.78 is 34.5. The quantitative estimate of drug-likeness (QED) is 0.653. The van der Waals surface area contributed by atoms with E-state index in [1.54, 1.807) is 6.07 Å². The fraction of sp³-hybridized carbons (Fsp3) is 0.333. The van der Waals surface area contributed by atoms with E-state index in [4.69, 9.17) is 16.3 Å². The second-order valence-electron chi connectivity index (χ2n) is 6.22. The van der Waals surface area contributed by atoms with Gasteiger partial charge in [0.25, 0.3) is 5.91 Å². The molecule has 0 radical (unpaired) electrons. The first-order chi connectivity index (χ1) is 12.1. The van der Waals surface area contributed by atoms with Crippen LogP contribution < -0.4 is 14.8 Å². The number of hydrogen-bond acceptors (Lipinski definition) is 6. The second-order valence-corrected chi connectivity index (χ2v) is 8.25. The van der Waals surface area contributed by atoms with E-state index >= 15 is 0 Å². The number of rotatable bonds is 3. The lowest BCUT2D eigenvalue weighted by atomic mass is 10.1. The van der Waals surface area contributed by atoms with Crippen molar-refractivity contribution in [3.63, 3.8) is 0 Å². The van der Waals surface area contributed by atoms with Crippen LogP contribution in [0.5, 0.6) is 5.75 Å². The third-order valence-electron chi connectivity index (χ3n) is 3.86. The Hall–Kier alpha value is -2.14. The van der Waals surface area contributed by atoms with Crippen LogP contribution in [0.4, 0.5) is 5.69 Å². The fourth-order valence-corrected chi connectivity index (χ4v) is 4.31. The Morgan fingerprint density at radius 3 is 2.96 bits per heavy atom. The number of sulfonamides is 1. The molecule has 0 aliphatic carbocycles. The molecule has 1 aliphatic heterocycles. The molecule has 3 rings (SSSR count). The topological polar surface area (TPSA) is 123 Å². The first kappa shape index (κ1) is 18.6. The number of amides is 1. The molecule has 140 valence electrons. The van der Waals surface area contributed by atoms with Gasteiger partial charge in [-0.1, -0.05) is 11.6 Å². The normalized spacial score (nSPS) is 21.4. The van der Waals surface area contributed by atoms with Gasteiger partial charge in [-0.3, -0.25) is 4.79 Å². The maximum atomic E-state index is 12.7. The number of pyridine rings is 1. The predicted molar refractivity (Wildman–Crippen MR) is 93.9 cm³/mol. The van der Waals surface area contributed by atoms with Gasteiger partial charge in [0.1, 0.15) is 16.7 Å². The predicted octanol–water partition coefficient (Wildman–Crippen LogP) is 0.747. The van der Waals surface area contributed by atoms with Gasteiger partial charge in [-0.2, -0.15) is 4.72 Å². The molecule has 1 atom stereocenters. The summed E-state index contributed by atoms with van der Waals surface area (Å²) >= 11 is 5.80. The fourth-order valence-electron chi connectivity index (χ4n) is 2.56. The van der Waals surface area contributed by atoms with Crippen LogP contribution in [-0.2, 0) is 17.1 Å². The van der Waals surface area contributed by atoms with E-state index < -0.39 is 28.1 Å². The molecular formula is C15H17ClN4O5S. The number of anilines is 1. The molecule has 0 fully saturated rings. The Bertz CT molecular complexity index is 974. The smallest absolute Gasteiger partial charge is 0.276 e. The van der Waals surface area contributed by atoms with E-state index in [0.29, 0.717) is 5.69 Å². The number of fused-ring (bicyclic) bond motifs is 1. The van der Waals surface area contributed by atoms with Crippen molar-refractivity contribution in [2.24, 2.45) is 7.05 Å². The van der Waals surface area contributed by atoms with Crippen molar-refractivity contribution in [1.29, 1.82) is 0 Å². The highest BCUT2D eigenvalue weighted by atomic mass is 35.5. The van der Waals surface area contributed by atoms with E-state index in [0.717, 1.165) is 0 Å². The summed E-state index contributed by atoms with van der Waals surface area (Å²) in [6.07, 6.45) is 2.72. The number of aromatic nitrogens is 2. The van der Waals surface area contributed by atoms with Gasteiger partial charge in [0.15, 0.2) is 11.4 Å². The summed E-state index contributed by atoms with van der Waals surface area (Å²) in [7, 11) is -2.45. The molecular weight excluding hydrogens is 384 g/mol. The average molecular weight is 401 g/mol. The highest BCUT2D eigenvalue weighted by Crippen LogP contribution is 2.34. The Morgan fingerprint density at radius 2 is 2.31 bits per heavy atom. The molecule has 0 spiro atoms. The zero-order valence-electron chi connectivity index (χ0n) is 14.0. The summed E-state index contributed by atoms with van der Waals surface area (Å²) in [5.41, 5.74) is -0.768. The zero-order valence-corrected chi connectivity index (χ0v) is 15.6. The minimum atomic E-state index is -3.98. The Labute approximate surface area is 155 Å². The average Bonchev–Trinajstić information content (AvgIpc) is 2.85. The van der Waals surface area contributed by atoms with Gasteiger partial charge in [-0.25, -0.2) is 13.4 Å². The summed E-state index contributed by atoms with van der Waals surface area (Å²) in [6, 6.07) is 3.01.